The predicted octanol–water partition coefficient (Wildman–Crippen LogP) is 1.91. The van der Waals surface area contributed by atoms with Crippen molar-refractivity contribution in [2.75, 3.05) is 12.4 Å². The van der Waals surface area contributed by atoms with Gasteiger partial charge in [-0.05, 0) is 61.2 Å². The molecule has 9 atom stereocenters. The van der Waals surface area contributed by atoms with Gasteiger partial charge >= 0.3 is 35.5 Å². The van der Waals surface area contributed by atoms with Crippen molar-refractivity contribution in [3.63, 3.8) is 0 Å². The second kappa shape index (κ2) is 10.2. The molecule has 8 nitrogen and oxygen atoms in total. The molecule has 0 bridgehead atoms. The van der Waals surface area contributed by atoms with E-state index in [0.29, 0.717) is 6.42 Å². The number of rotatable bonds is 6. The van der Waals surface area contributed by atoms with Crippen LogP contribution in [0.15, 0.2) is 23.8 Å². The molecule has 3 unspecified atom stereocenters. The van der Waals surface area contributed by atoms with E-state index in [2.05, 4.69) is 0 Å². The first-order valence-corrected chi connectivity index (χ1v) is 13.8. The standard InChI is InChI=1S/C25H32F2O8S.Na.H/c1-13-8-15-16-10-18(26)17-9-14(28)4-6-24(17,3)25(16,27)20(30)11-23(15,2)22(13)19(29)12-35-21(31)5-7-36(32,33)34;;/h4,6,9,13,15-16,18,20,22,30H,5,7-8,10-12H2,1-3H3,(H,32,33,34);;/t13?,15-,16-,18?,20?,22+,23-,24-,25-;;/m0../s1. The number of allylic oxidation sites excluding steroid dienone is 4. The molecular formula is C25H33F2NaO8S. The molecule has 4 aliphatic carbocycles. The van der Waals surface area contributed by atoms with Gasteiger partial charge in [-0.15, -0.1) is 0 Å². The van der Waals surface area contributed by atoms with Crippen LogP contribution in [0.3, 0.4) is 0 Å². The van der Waals surface area contributed by atoms with E-state index >= 15 is 8.78 Å². The van der Waals surface area contributed by atoms with Gasteiger partial charge in [-0.2, -0.15) is 8.42 Å². The summed E-state index contributed by atoms with van der Waals surface area (Å²) in [6.45, 7) is 4.50. The quantitative estimate of drug-likeness (QED) is 0.289. The molecule has 4 rings (SSSR count). The second-order valence-corrected chi connectivity index (χ2v) is 12.9. The summed E-state index contributed by atoms with van der Waals surface area (Å²) < 4.78 is 67.9. The summed E-state index contributed by atoms with van der Waals surface area (Å²) in [6, 6.07) is 0. The number of esters is 1. The number of ketones is 2. The summed E-state index contributed by atoms with van der Waals surface area (Å²) in [6.07, 6.45) is 0.127. The molecular weight excluding hydrogens is 521 g/mol. The first-order valence-electron chi connectivity index (χ1n) is 12.1. The molecule has 0 radical (unpaired) electrons. The molecule has 0 aromatic heterocycles. The van der Waals surface area contributed by atoms with E-state index < -0.39 is 93.0 Å². The first-order chi connectivity index (χ1) is 16.5. The van der Waals surface area contributed by atoms with Gasteiger partial charge in [0.1, 0.15) is 12.8 Å². The number of ether oxygens (including phenoxy) is 1. The Hall–Kier alpha value is -0.980. The Balaban J connectivity index is 0.00000380. The third-order valence-electron chi connectivity index (χ3n) is 9.25. The summed E-state index contributed by atoms with van der Waals surface area (Å²) in [5.74, 6) is -4.94. The number of fused-ring (bicyclic) bond motifs is 5. The van der Waals surface area contributed by atoms with Crippen molar-refractivity contribution in [3.8, 4) is 0 Å². The Bertz CT molecular complexity index is 1160. The molecule has 2 N–H and O–H groups in total. The van der Waals surface area contributed by atoms with Gasteiger partial charge in [-0.25, -0.2) is 8.78 Å². The molecule has 0 aliphatic heterocycles. The van der Waals surface area contributed by atoms with Crippen molar-refractivity contribution in [3.05, 3.63) is 23.8 Å². The Morgan fingerprint density at radius 3 is 2.49 bits per heavy atom. The fraction of sp³-hybridized carbons (Fsp3) is 0.720. The molecule has 4 aliphatic rings. The van der Waals surface area contributed by atoms with Crippen LogP contribution in [0.25, 0.3) is 0 Å². The van der Waals surface area contributed by atoms with E-state index in [-0.39, 0.29) is 53.9 Å². The van der Waals surface area contributed by atoms with Crippen LogP contribution in [0.1, 0.15) is 46.5 Å². The third-order valence-corrected chi connectivity index (χ3v) is 9.97. The van der Waals surface area contributed by atoms with Gasteiger partial charge in [0.05, 0.1) is 18.3 Å². The van der Waals surface area contributed by atoms with Crippen molar-refractivity contribution in [2.24, 2.45) is 34.5 Å². The van der Waals surface area contributed by atoms with E-state index in [1.165, 1.54) is 19.1 Å². The summed E-state index contributed by atoms with van der Waals surface area (Å²) in [7, 11) is -4.36. The Labute approximate surface area is 237 Å². The van der Waals surface area contributed by atoms with Gasteiger partial charge < -0.3 is 9.84 Å². The topological polar surface area (TPSA) is 135 Å². The van der Waals surface area contributed by atoms with E-state index in [9.17, 15) is 27.9 Å². The van der Waals surface area contributed by atoms with Crippen LogP contribution in [0.4, 0.5) is 8.78 Å². The summed E-state index contributed by atoms with van der Waals surface area (Å²) in [5.41, 5.74) is -4.59. The van der Waals surface area contributed by atoms with Gasteiger partial charge in [-0.3, -0.25) is 18.9 Å². The molecule has 37 heavy (non-hydrogen) atoms. The number of hydrogen-bond donors (Lipinski definition) is 2. The van der Waals surface area contributed by atoms with Crippen molar-refractivity contribution in [1.29, 1.82) is 0 Å². The Morgan fingerprint density at radius 2 is 1.86 bits per heavy atom. The van der Waals surface area contributed by atoms with Gasteiger partial charge in [0, 0.05) is 17.3 Å². The summed E-state index contributed by atoms with van der Waals surface area (Å²) in [4.78, 5) is 37.0. The van der Waals surface area contributed by atoms with E-state index in [1.54, 1.807) is 6.92 Å². The molecule has 0 amide bonds. The minimum absolute atomic E-state index is 0. The summed E-state index contributed by atoms with van der Waals surface area (Å²) in [5, 5.41) is 11.3. The molecule has 3 fully saturated rings. The molecule has 0 aromatic rings. The number of Topliss-reactive ketones (excluding diaryl/α,β-unsaturated/α-hetero) is 1. The van der Waals surface area contributed by atoms with Gasteiger partial charge in [0.15, 0.2) is 17.2 Å². The van der Waals surface area contributed by atoms with Crippen LogP contribution in [0.5, 0.6) is 0 Å². The maximum absolute atomic E-state index is 17.1. The predicted molar refractivity (Wildman–Crippen MR) is 131 cm³/mol. The van der Waals surface area contributed by atoms with Gasteiger partial charge in [-0.1, -0.05) is 19.9 Å². The van der Waals surface area contributed by atoms with Gasteiger partial charge in [0.25, 0.3) is 10.1 Å². The number of hydrogen-bond acceptors (Lipinski definition) is 7. The van der Waals surface area contributed by atoms with Crippen LogP contribution >= 0.6 is 0 Å². The number of halogens is 2. The molecule has 12 heteroatoms. The van der Waals surface area contributed by atoms with Crippen molar-refractivity contribution >= 4 is 57.2 Å². The van der Waals surface area contributed by atoms with Crippen LogP contribution in [-0.4, -0.2) is 95.5 Å². The zero-order chi connectivity index (χ0) is 26.8. The molecule has 202 valence electrons. The summed E-state index contributed by atoms with van der Waals surface area (Å²) >= 11 is 0. The average molecular weight is 555 g/mol. The molecule has 0 heterocycles. The van der Waals surface area contributed by atoms with Crippen molar-refractivity contribution in [2.45, 2.75) is 64.4 Å². The molecule has 0 aromatic carbocycles. The maximum atomic E-state index is 17.1. The zero-order valence-electron chi connectivity index (χ0n) is 20.4. The number of carbonyl (C=O) groups is 3. The number of carbonyl (C=O) groups excluding carboxylic acids is 3. The number of aliphatic hydroxyl groups is 1. The Morgan fingerprint density at radius 1 is 1.22 bits per heavy atom. The molecule has 0 spiro atoms. The second-order valence-electron chi connectivity index (χ2n) is 11.3. The van der Waals surface area contributed by atoms with Crippen LogP contribution in [0.2, 0.25) is 0 Å². The van der Waals surface area contributed by atoms with Crippen molar-refractivity contribution < 1.29 is 46.0 Å². The van der Waals surface area contributed by atoms with Crippen molar-refractivity contribution in [1.82, 2.24) is 0 Å². The van der Waals surface area contributed by atoms with Crippen LogP contribution < -0.4 is 0 Å². The number of aliphatic hydroxyl groups excluding tert-OH is 1. The SMILES string of the molecule is CC1C[C@H]2[C@@H]3CC(F)C4=CC(=O)C=C[C@]4(C)[C@@]3(F)C(O)C[C@]2(C)[C@H]1C(=O)COC(=O)CCS(=O)(=O)O.[NaH]. The van der Waals surface area contributed by atoms with E-state index in [4.69, 9.17) is 9.29 Å². The number of alkyl halides is 2. The fourth-order valence-corrected chi connectivity index (χ4v) is 8.21. The third kappa shape index (κ3) is 4.93. The van der Waals surface area contributed by atoms with Crippen LogP contribution in [0, 0.1) is 34.5 Å². The molecule has 0 saturated heterocycles. The van der Waals surface area contributed by atoms with E-state index in [0.717, 1.165) is 6.08 Å². The van der Waals surface area contributed by atoms with Gasteiger partial charge in [0.2, 0.25) is 0 Å². The minimum atomic E-state index is -4.36. The average Bonchev–Trinajstić information content (AvgIpc) is 3.03. The van der Waals surface area contributed by atoms with E-state index in [1.807, 2.05) is 6.92 Å². The molecule has 3 saturated carbocycles. The van der Waals surface area contributed by atoms with Crippen LogP contribution in [-0.2, 0) is 29.2 Å². The Kier molecular flexibility index (Phi) is 8.43. The first kappa shape index (κ1) is 30.6. The fourth-order valence-electron chi connectivity index (χ4n) is 7.78. The monoisotopic (exact) mass is 554 g/mol. The zero-order valence-corrected chi connectivity index (χ0v) is 21.3. The normalized spacial score (nSPS) is 42.6.